The lowest BCUT2D eigenvalue weighted by molar-refractivity contribution is 0.155. The Morgan fingerprint density at radius 2 is 1.90 bits per heavy atom. The number of fused-ring (bicyclic) bond motifs is 1. The van der Waals surface area contributed by atoms with Crippen molar-refractivity contribution in [2.45, 2.75) is 31.7 Å². The van der Waals surface area contributed by atoms with Crippen LogP contribution in [0.5, 0.6) is 0 Å². The van der Waals surface area contributed by atoms with Crippen LogP contribution in [0.15, 0.2) is 47.8 Å². The van der Waals surface area contributed by atoms with Gasteiger partial charge >= 0.3 is 0 Å². The van der Waals surface area contributed by atoms with Gasteiger partial charge in [0, 0.05) is 17.5 Å². The van der Waals surface area contributed by atoms with E-state index in [1.165, 1.54) is 36.9 Å². The van der Waals surface area contributed by atoms with Gasteiger partial charge in [0.2, 0.25) is 0 Å². The number of nitrogens with zero attached hydrogens (tertiary/aromatic N) is 2. The Morgan fingerprint density at radius 3 is 2.80 bits per heavy atom. The molecule has 2 heterocycles. The lowest BCUT2D eigenvalue weighted by Crippen LogP contribution is -2.22. The lowest BCUT2D eigenvalue weighted by Gasteiger charge is -2.20. The first-order valence-corrected chi connectivity index (χ1v) is 7.37. The number of hydrogen-bond acceptors (Lipinski definition) is 2. The van der Waals surface area contributed by atoms with Gasteiger partial charge in [-0.2, -0.15) is 0 Å². The van der Waals surface area contributed by atoms with Crippen LogP contribution in [0.4, 0.5) is 0 Å². The van der Waals surface area contributed by atoms with Crippen LogP contribution in [0.25, 0.3) is 0 Å². The van der Waals surface area contributed by atoms with Gasteiger partial charge in [-0.05, 0) is 37.3 Å². The number of oxime groups is 1. The Morgan fingerprint density at radius 1 is 1.05 bits per heavy atom. The van der Waals surface area contributed by atoms with Gasteiger partial charge in [-0.1, -0.05) is 35.5 Å². The van der Waals surface area contributed by atoms with Crippen molar-refractivity contribution in [2.24, 2.45) is 5.16 Å². The van der Waals surface area contributed by atoms with E-state index in [0.29, 0.717) is 6.61 Å². The molecule has 20 heavy (non-hydrogen) atoms. The molecule has 1 aliphatic carbocycles. The molecule has 1 aromatic carbocycles. The normalized spacial score (nSPS) is 21.2. The van der Waals surface area contributed by atoms with E-state index in [2.05, 4.69) is 46.3 Å². The summed E-state index contributed by atoms with van der Waals surface area (Å²) in [5, 5.41) is 4.29. The second kappa shape index (κ2) is 4.82. The van der Waals surface area contributed by atoms with E-state index < -0.39 is 0 Å². The van der Waals surface area contributed by atoms with Crippen LogP contribution in [-0.4, -0.2) is 16.9 Å². The van der Waals surface area contributed by atoms with Crippen molar-refractivity contribution >= 4 is 5.71 Å². The largest absolute Gasteiger partial charge is 0.393 e. The molecule has 1 atom stereocenters. The Balaban J connectivity index is 1.72. The van der Waals surface area contributed by atoms with Gasteiger partial charge in [0.15, 0.2) is 0 Å². The summed E-state index contributed by atoms with van der Waals surface area (Å²) >= 11 is 0. The van der Waals surface area contributed by atoms with E-state index in [4.69, 9.17) is 4.84 Å². The summed E-state index contributed by atoms with van der Waals surface area (Å²) in [4.78, 5) is 5.41. The van der Waals surface area contributed by atoms with Crippen molar-refractivity contribution in [1.82, 2.24) is 4.57 Å². The molecule has 0 N–H and O–H groups in total. The fourth-order valence-electron chi connectivity index (χ4n) is 3.32. The number of rotatable bonds is 2. The standard InChI is InChI=1S/C17H18N2O/c1-2-7-14(8-3-1)17-16(12-20-18-17)19-11-10-13-6-4-5-9-15(13)19/h1-3,7-8,10-11,16H,4-6,9,12H2/t16-/m0/s1. The first-order valence-electron chi connectivity index (χ1n) is 7.37. The molecule has 3 nitrogen and oxygen atoms in total. The van der Waals surface area contributed by atoms with Crippen molar-refractivity contribution < 1.29 is 4.84 Å². The zero-order valence-corrected chi connectivity index (χ0v) is 11.5. The minimum Gasteiger partial charge on any atom is -0.393 e. The van der Waals surface area contributed by atoms with Crippen LogP contribution in [0.3, 0.4) is 0 Å². The molecule has 0 fully saturated rings. The highest BCUT2D eigenvalue weighted by Crippen LogP contribution is 2.29. The van der Waals surface area contributed by atoms with Gasteiger partial charge in [-0.25, -0.2) is 0 Å². The van der Waals surface area contributed by atoms with Crippen molar-refractivity contribution in [1.29, 1.82) is 0 Å². The highest BCUT2D eigenvalue weighted by atomic mass is 16.6. The Bertz CT molecular complexity index is 642. The highest BCUT2D eigenvalue weighted by Gasteiger charge is 2.29. The van der Waals surface area contributed by atoms with Crippen molar-refractivity contribution in [3.05, 3.63) is 59.4 Å². The molecule has 0 spiro atoms. The number of hydrogen-bond donors (Lipinski definition) is 0. The summed E-state index contributed by atoms with van der Waals surface area (Å²) in [6.45, 7) is 0.644. The Kier molecular flexibility index (Phi) is 2.84. The van der Waals surface area contributed by atoms with Crippen molar-refractivity contribution in [2.75, 3.05) is 6.61 Å². The molecule has 0 unspecified atom stereocenters. The number of benzene rings is 1. The van der Waals surface area contributed by atoms with E-state index in [0.717, 1.165) is 11.3 Å². The van der Waals surface area contributed by atoms with E-state index in [1.54, 1.807) is 0 Å². The zero-order chi connectivity index (χ0) is 13.4. The molecule has 2 aromatic rings. The maximum absolute atomic E-state index is 5.41. The van der Waals surface area contributed by atoms with Gasteiger partial charge in [0.1, 0.15) is 18.4 Å². The SMILES string of the molecule is c1ccc(C2=NOC[C@@H]2n2ccc3c2CCCC3)cc1. The summed E-state index contributed by atoms with van der Waals surface area (Å²) in [5.74, 6) is 0. The summed E-state index contributed by atoms with van der Waals surface area (Å²) in [5.41, 5.74) is 5.20. The predicted molar refractivity (Wildman–Crippen MR) is 79.0 cm³/mol. The van der Waals surface area contributed by atoms with Crippen molar-refractivity contribution in [3.63, 3.8) is 0 Å². The molecule has 0 saturated heterocycles. The first kappa shape index (κ1) is 11.8. The summed E-state index contributed by atoms with van der Waals surface area (Å²) in [6, 6.07) is 12.9. The number of aryl methyl sites for hydroxylation is 1. The maximum Gasteiger partial charge on any atom is 0.143 e. The molecule has 1 aliphatic heterocycles. The van der Waals surface area contributed by atoms with E-state index in [-0.39, 0.29) is 6.04 Å². The molecular weight excluding hydrogens is 248 g/mol. The molecule has 4 rings (SSSR count). The quantitative estimate of drug-likeness (QED) is 0.818. The molecule has 0 saturated carbocycles. The van der Waals surface area contributed by atoms with Gasteiger partial charge < -0.3 is 9.40 Å². The van der Waals surface area contributed by atoms with Gasteiger partial charge in [-0.15, -0.1) is 0 Å². The maximum atomic E-state index is 5.41. The van der Waals surface area contributed by atoms with Crippen LogP contribution in [-0.2, 0) is 17.7 Å². The lowest BCUT2D eigenvalue weighted by atomic mass is 9.97. The van der Waals surface area contributed by atoms with Crippen LogP contribution >= 0.6 is 0 Å². The second-order valence-electron chi connectivity index (χ2n) is 5.56. The third-order valence-electron chi connectivity index (χ3n) is 4.34. The van der Waals surface area contributed by atoms with Crippen LogP contribution in [0.2, 0.25) is 0 Å². The Labute approximate surface area is 118 Å². The molecule has 1 aromatic heterocycles. The second-order valence-corrected chi connectivity index (χ2v) is 5.56. The van der Waals surface area contributed by atoms with E-state index in [9.17, 15) is 0 Å². The smallest absolute Gasteiger partial charge is 0.143 e. The summed E-state index contributed by atoms with van der Waals surface area (Å²) in [7, 11) is 0. The topological polar surface area (TPSA) is 26.5 Å². The minimum absolute atomic E-state index is 0.222. The van der Waals surface area contributed by atoms with Gasteiger partial charge in [0.25, 0.3) is 0 Å². The van der Waals surface area contributed by atoms with Crippen LogP contribution < -0.4 is 0 Å². The monoisotopic (exact) mass is 266 g/mol. The molecule has 0 radical (unpaired) electrons. The minimum atomic E-state index is 0.222. The Hall–Kier alpha value is -2.03. The fourth-order valence-corrected chi connectivity index (χ4v) is 3.32. The molecule has 0 amide bonds. The molecule has 102 valence electrons. The molecular formula is C17H18N2O. The van der Waals surface area contributed by atoms with Crippen molar-refractivity contribution in [3.8, 4) is 0 Å². The summed E-state index contributed by atoms with van der Waals surface area (Å²) in [6.07, 6.45) is 7.22. The van der Waals surface area contributed by atoms with E-state index >= 15 is 0 Å². The third kappa shape index (κ3) is 1.85. The highest BCUT2D eigenvalue weighted by molar-refractivity contribution is 6.03. The average molecular weight is 266 g/mol. The van der Waals surface area contributed by atoms with Gasteiger partial charge in [0.05, 0.1) is 0 Å². The summed E-state index contributed by atoms with van der Waals surface area (Å²) < 4.78 is 2.38. The fraction of sp³-hybridized carbons (Fsp3) is 0.353. The third-order valence-corrected chi connectivity index (χ3v) is 4.34. The average Bonchev–Trinajstić information content (AvgIpc) is 3.14. The van der Waals surface area contributed by atoms with Gasteiger partial charge in [-0.3, -0.25) is 0 Å². The molecule has 2 aliphatic rings. The predicted octanol–water partition coefficient (Wildman–Crippen LogP) is 3.34. The van der Waals surface area contributed by atoms with Crippen LogP contribution in [0.1, 0.15) is 35.7 Å². The zero-order valence-electron chi connectivity index (χ0n) is 11.5. The molecule has 0 bridgehead atoms. The first-order chi connectivity index (χ1) is 9.93. The number of aromatic nitrogens is 1. The van der Waals surface area contributed by atoms with Crippen LogP contribution in [0, 0.1) is 0 Å². The molecule has 3 heteroatoms. The van der Waals surface area contributed by atoms with E-state index in [1.807, 2.05) is 6.07 Å².